The number of aromatic nitrogens is 2. The fourth-order valence-corrected chi connectivity index (χ4v) is 3.72. The van der Waals surface area contributed by atoms with Gasteiger partial charge in [-0.1, -0.05) is 18.2 Å². The van der Waals surface area contributed by atoms with Crippen LogP contribution >= 0.6 is 0 Å². The van der Waals surface area contributed by atoms with E-state index in [4.69, 9.17) is 0 Å². The molecular weight excluding hydrogens is 368 g/mol. The summed E-state index contributed by atoms with van der Waals surface area (Å²) in [6.07, 6.45) is 2.76. The monoisotopic (exact) mass is 392 g/mol. The molecule has 4 rings (SSSR count). The molecule has 0 unspecified atom stereocenters. The van der Waals surface area contributed by atoms with Gasteiger partial charge in [0.05, 0.1) is 23.9 Å². The molecule has 7 heteroatoms. The van der Waals surface area contributed by atoms with E-state index in [1.54, 1.807) is 17.2 Å². The van der Waals surface area contributed by atoms with Gasteiger partial charge in [0.25, 0.3) is 11.5 Å². The van der Waals surface area contributed by atoms with Gasteiger partial charge in [0.1, 0.15) is 5.65 Å². The van der Waals surface area contributed by atoms with Crippen molar-refractivity contribution in [2.24, 2.45) is 0 Å². The molecule has 3 aromatic rings. The largest absolute Gasteiger partial charge is 0.391 e. The highest BCUT2D eigenvalue weighted by Gasteiger charge is 2.24. The molecule has 0 bridgehead atoms. The Labute approximate surface area is 168 Å². The summed E-state index contributed by atoms with van der Waals surface area (Å²) in [5.74, 6) is -0.103. The number of carbonyl (C=O) groups is 1. The number of aryl methyl sites for hydroxylation is 1. The first-order chi connectivity index (χ1) is 14.0. The molecule has 0 radical (unpaired) electrons. The first-order valence-corrected chi connectivity index (χ1v) is 9.81. The highest BCUT2D eigenvalue weighted by Crippen LogP contribution is 2.21. The summed E-state index contributed by atoms with van der Waals surface area (Å²) in [6.45, 7) is 3.24. The van der Waals surface area contributed by atoms with Crippen LogP contribution in [0.3, 0.4) is 0 Å². The number of carbonyl (C=O) groups excluding carboxylic acids is 1. The Morgan fingerprint density at radius 3 is 2.93 bits per heavy atom. The van der Waals surface area contributed by atoms with Gasteiger partial charge in [-0.3, -0.25) is 14.0 Å². The van der Waals surface area contributed by atoms with Crippen molar-refractivity contribution >= 4 is 17.2 Å². The highest BCUT2D eigenvalue weighted by molar-refractivity contribution is 5.99. The maximum absolute atomic E-state index is 13.0. The number of piperidine rings is 1. The van der Waals surface area contributed by atoms with Gasteiger partial charge >= 0.3 is 0 Å². The van der Waals surface area contributed by atoms with Crippen LogP contribution in [0.25, 0.3) is 5.65 Å². The summed E-state index contributed by atoms with van der Waals surface area (Å²) in [5.41, 5.74) is 3.26. The average Bonchev–Trinajstić information content (AvgIpc) is 2.73. The standard InChI is InChI=1S/C22H24N4O3/c1-15-6-4-11-26-20(28)12-16(24-21(15)26)13-23-19-9-3-2-8-18(19)22(29)25-10-5-7-17(27)14-25/h2-4,6,8-9,11-12,17,23,27H,5,7,10,13-14H2,1H3/t17-/m0/s1. The smallest absolute Gasteiger partial charge is 0.258 e. The van der Waals surface area contributed by atoms with Gasteiger partial charge in [-0.2, -0.15) is 0 Å². The fourth-order valence-electron chi connectivity index (χ4n) is 3.72. The Morgan fingerprint density at radius 1 is 1.28 bits per heavy atom. The van der Waals surface area contributed by atoms with Gasteiger partial charge < -0.3 is 15.3 Å². The Kier molecular flexibility index (Phi) is 5.31. The second-order valence-corrected chi connectivity index (χ2v) is 7.42. The van der Waals surface area contributed by atoms with Crippen LogP contribution in [0, 0.1) is 6.92 Å². The lowest BCUT2D eigenvalue weighted by Gasteiger charge is -2.30. The third-order valence-corrected chi connectivity index (χ3v) is 5.24. The van der Waals surface area contributed by atoms with Crippen molar-refractivity contribution in [3.8, 4) is 0 Å². The number of aliphatic hydroxyl groups is 1. The minimum atomic E-state index is -0.467. The number of anilines is 1. The van der Waals surface area contributed by atoms with Crippen LogP contribution in [0.4, 0.5) is 5.69 Å². The van der Waals surface area contributed by atoms with Gasteiger partial charge in [-0.15, -0.1) is 0 Å². The van der Waals surface area contributed by atoms with Crippen LogP contribution in [0.15, 0.2) is 53.5 Å². The van der Waals surface area contributed by atoms with E-state index in [-0.39, 0.29) is 11.5 Å². The van der Waals surface area contributed by atoms with Crippen molar-refractivity contribution in [2.75, 3.05) is 18.4 Å². The number of aliphatic hydroxyl groups excluding tert-OH is 1. The van der Waals surface area contributed by atoms with Crippen molar-refractivity contribution in [3.63, 3.8) is 0 Å². The molecule has 1 fully saturated rings. The van der Waals surface area contributed by atoms with Gasteiger partial charge in [-0.05, 0) is 43.5 Å². The Balaban J connectivity index is 1.57. The quantitative estimate of drug-likeness (QED) is 0.711. The number of β-amino-alcohol motifs (C(OH)–C–C–N with tert-alkyl or cyclic N) is 1. The normalized spacial score (nSPS) is 16.8. The summed E-state index contributed by atoms with van der Waals surface area (Å²) in [4.78, 5) is 31.6. The number of pyridine rings is 1. The Hall–Kier alpha value is -3.19. The summed E-state index contributed by atoms with van der Waals surface area (Å²) in [5, 5.41) is 13.1. The van der Waals surface area contributed by atoms with E-state index >= 15 is 0 Å². The van der Waals surface area contributed by atoms with Crippen LogP contribution in [-0.2, 0) is 6.54 Å². The van der Waals surface area contributed by atoms with Crippen molar-refractivity contribution in [1.29, 1.82) is 0 Å². The van der Waals surface area contributed by atoms with Crippen LogP contribution in [-0.4, -0.2) is 44.5 Å². The predicted molar refractivity (Wildman–Crippen MR) is 111 cm³/mol. The third kappa shape index (κ3) is 4.00. The molecule has 1 aromatic carbocycles. The molecule has 0 aliphatic carbocycles. The van der Waals surface area contributed by atoms with E-state index in [1.165, 1.54) is 10.5 Å². The third-order valence-electron chi connectivity index (χ3n) is 5.24. The number of likely N-dealkylation sites (tertiary alicyclic amines) is 1. The lowest BCUT2D eigenvalue weighted by atomic mass is 10.1. The molecule has 2 N–H and O–H groups in total. The Bertz CT molecular complexity index is 1110. The molecular formula is C22H24N4O3. The lowest BCUT2D eigenvalue weighted by Crippen LogP contribution is -2.42. The van der Waals surface area contributed by atoms with Crippen molar-refractivity contribution in [1.82, 2.24) is 14.3 Å². The number of nitrogens with one attached hydrogen (secondary N) is 1. The number of nitrogens with zero attached hydrogens (tertiary/aromatic N) is 3. The zero-order valence-electron chi connectivity index (χ0n) is 16.3. The maximum atomic E-state index is 13.0. The topological polar surface area (TPSA) is 86.9 Å². The zero-order chi connectivity index (χ0) is 20.4. The molecule has 0 spiro atoms. The summed E-state index contributed by atoms with van der Waals surface area (Å²) >= 11 is 0. The van der Waals surface area contributed by atoms with Crippen LogP contribution in [0.1, 0.15) is 34.5 Å². The number of benzene rings is 1. The molecule has 7 nitrogen and oxygen atoms in total. The second kappa shape index (κ2) is 8.05. The molecule has 2 aromatic heterocycles. The fraction of sp³-hybridized carbons (Fsp3) is 0.318. The average molecular weight is 392 g/mol. The van der Waals surface area contributed by atoms with Crippen LogP contribution in [0.5, 0.6) is 0 Å². The first kappa shape index (κ1) is 19.1. The molecule has 1 saturated heterocycles. The van der Waals surface area contributed by atoms with Crippen molar-refractivity contribution in [3.05, 3.63) is 75.8 Å². The predicted octanol–water partition coefficient (Wildman–Crippen LogP) is 2.21. The van der Waals surface area contributed by atoms with E-state index in [9.17, 15) is 14.7 Å². The van der Waals surface area contributed by atoms with Crippen molar-refractivity contribution in [2.45, 2.75) is 32.4 Å². The molecule has 0 saturated carbocycles. The van der Waals surface area contributed by atoms with E-state index in [0.29, 0.717) is 42.2 Å². The number of hydrogen-bond donors (Lipinski definition) is 2. The molecule has 1 aliphatic heterocycles. The van der Waals surface area contributed by atoms with E-state index in [2.05, 4.69) is 10.3 Å². The van der Waals surface area contributed by atoms with Gasteiger partial charge in [0, 0.05) is 31.0 Å². The first-order valence-electron chi connectivity index (χ1n) is 9.81. The zero-order valence-corrected chi connectivity index (χ0v) is 16.3. The molecule has 1 amide bonds. The van der Waals surface area contributed by atoms with Crippen LogP contribution < -0.4 is 10.9 Å². The van der Waals surface area contributed by atoms with Gasteiger partial charge in [-0.25, -0.2) is 4.98 Å². The van der Waals surface area contributed by atoms with Gasteiger partial charge in [0.2, 0.25) is 0 Å². The molecule has 1 aliphatic rings. The molecule has 29 heavy (non-hydrogen) atoms. The van der Waals surface area contributed by atoms with Gasteiger partial charge in [0.15, 0.2) is 0 Å². The maximum Gasteiger partial charge on any atom is 0.258 e. The van der Waals surface area contributed by atoms with Crippen LogP contribution in [0.2, 0.25) is 0 Å². The lowest BCUT2D eigenvalue weighted by molar-refractivity contribution is 0.0474. The van der Waals surface area contributed by atoms with E-state index in [1.807, 2.05) is 37.3 Å². The second-order valence-electron chi connectivity index (χ2n) is 7.42. The van der Waals surface area contributed by atoms with Crippen molar-refractivity contribution < 1.29 is 9.90 Å². The Morgan fingerprint density at radius 2 is 2.10 bits per heavy atom. The highest BCUT2D eigenvalue weighted by atomic mass is 16.3. The van der Waals surface area contributed by atoms with E-state index in [0.717, 1.165) is 18.4 Å². The molecule has 1 atom stereocenters. The number of rotatable bonds is 4. The SMILES string of the molecule is Cc1cccn2c(=O)cc(CNc3ccccc3C(=O)N3CCC[C@H](O)C3)nc12. The number of hydrogen-bond acceptors (Lipinski definition) is 5. The van der Waals surface area contributed by atoms with E-state index < -0.39 is 6.10 Å². The molecule has 3 heterocycles. The minimum absolute atomic E-state index is 0.103. The summed E-state index contributed by atoms with van der Waals surface area (Å²) in [6, 6.07) is 12.5. The number of fused-ring (bicyclic) bond motifs is 1. The summed E-state index contributed by atoms with van der Waals surface area (Å²) in [7, 11) is 0. The number of para-hydroxylation sites is 1. The summed E-state index contributed by atoms with van der Waals surface area (Å²) < 4.78 is 1.53. The molecule has 150 valence electrons. The minimum Gasteiger partial charge on any atom is -0.391 e. The number of amides is 1.